The van der Waals surface area contributed by atoms with Crippen LogP contribution >= 0.6 is 0 Å². The molecule has 0 atom stereocenters. The van der Waals surface area contributed by atoms with Crippen molar-refractivity contribution in [3.8, 4) is 0 Å². The van der Waals surface area contributed by atoms with Crippen LogP contribution in [0.4, 0.5) is 22.0 Å². The van der Waals surface area contributed by atoms with Crippen molar-refractivity contribution < 1.29 is 37.0 Å². The predicted octanol–water partition coefficient (Wildman–Crippen LogP) is 0.490. The van der Waals surface area contributed by atoms with Gasteiger partial charge in [-0.25, -0.2) is 4.74 Å². The monoisotopic (exact) mass is 182 g/mol. The van der Waals surface area contributed by atoms with Crippen molar-refractivity contribution in [1.82, 2.24) is 0 Å². The first kappa shape index (κ1) is 12.9. The molecule has 0 bridgehead atoms. The number of aldehydes is 1. The summed E-state index contributed by atoms with van der Waals surface area (Å²) >= 11 is 0. The fourth-order valence-corrected chi connectivity index (χ4v) is 0.178. The Bertz CT molecular complexity index is 129. The first-order valence-electron chi connectivity index (χ1n) is 1.88. The van der Waals surface area contributed by atoms with E-state index in [0.29, 0.717) is 0 Å². The second-order valence-corrected chi connectivity index (χ2v) is 1.23. The van der Waals surface area contributed by atoms with E-state index in [4.69, 9.17) is 4.79 Å². The van der Waals surface area contributed by atoms with Gasteiger partial charge in [0.2, 0.25) is 6.29 Å². The van der Waals surface area contributed by atoms with Gasteiger partial charge in [-0.1, -0.05) is 0 Å². The average Bonchev–Trinajstić information content (AvgIpc) is 1.60. The Morgan fingerprint density at radius 1 is 1.09 bits per heavy atom. The smallest absolute Gasteiger partial charge is 0.412 e. The summed E-state index contributed by atoms with van der Waals surface area (Å²) in [4.78, 5) is 9.13. The molecule has 0 rings (SSSR count). The molecule has 0 unspecified atom stereocenters. The summed E-state index contributed by atoms with van der Waals surface area (Å²) in [6.45, 7) is 0. The van der Waals surface area contributed by atoms with Crippen molar-refractivity contribution in [2.24, 2.45) is 0 Å². The summed E-state index contributed by atoms with van der Waals surface area (Å²) in [5.74, 6) is 0. The fraction of sp³-hybridized carbons (Fsp3) is 0.667. The van der Waals surface area contributed by atoms with Crippen LogP contribution in [0.5, 0.6) is 0 Å². The van der Waals surface area contributed by atoms with E-state index in [9.17, 15) is 22.0 Å². The van der Waals surface area contributed by atoms with Crippen LogP contribution in [0.3, 0.4) is 0 Å². The third-order valence-electron chi connectivity index (χ3n) is 0.389. The van der Waals surface area contributed by atoms with Gasteiger partial charge in [0.05, 0.1) is 0 Å². The van der Waals surface area contributed by atoms with Crippen LogP contribution in [0.25, 0.3) is 0 Å². The molecular formula is C3H3F5O3. The Morgan fingerprint density at radius 3 is 1.55 bits per heavy atom. The maximum absolute atomic E-state index is 11.3. The molecule has 11 heavy (non-hydrogen) atoms. The maximum atomic E-state index is 11.3. The Balaban J connectivity index is 0. The highest BCUT2D eigenvalue weighted by Gasteiger charge is 2.44. The van der Waals surface area contributed by atoms with Gasteiger partial charge in [-0.2, -0.15) is 8.78 Å². The highest BCUT2D eigenvalue weighted by atomic mass is 19.4. The molecular weight excluding hydrogens is 179 g/mol. The van der Waals surface area contributed by atoms with E-state index in [1.165, 1.54) is 0 Å². The van der Waals surface area contributed by atoms with Crippen LogP contribution in [0.2, 0.25) is 0 Å². The van der Waals surface area contributed by atoms with Gasteiger partial charge in [-0.3, -0.25) is 4.79 Å². The fourth-order valence-electron chi connectivity index (χ4n) is 0.178. The molecule has 68 valence electrons. The van der Waals surface area contributed by atoms with Crippen molar-refractivity contribution in [2.45, 2.75) is 12.5 Å². The average molecular weight is 182 g/mol. The lowest BCUT2D eigenvalue weighted by Gasteiger charge is -2.11. The lowest BCUT2D eigenvalue weighted by molar-refractivity contribution is -0.406. The van der Waals surface area contributed by atoms with Gasteiger partial charge in [0, 0.05) is 0 Å². The zero-order valence-electron chi connectivity index (χ0n) is 4.78. The van der Waals surface area contributed by atoms with E-state index in [1.54, 1.807) is 0 Å². The number of alkyl halides is 5. The number of ether oxygens (including phenoxy) is 1. The van der Waals surface area contributed by atoms with Gasteiger partial charge >= 0.3 is 12.5 Å². The van der Waals surface area contributed by atoms with Crippen molar-refractivity contribution >= 4 is 6.29 Å². The third kappa shape index (κ3) is 7.13. The SMILES string of the molecule is O.O=CC(F)(F)OC(F)(F)F. The normalized spacial score (nSPS) is 12.1. The quantitative estimate of drug-likeness (QED) is 0.460. The lowest BCUT2D eigenvalue weighted by Crippen LogP contribution is -2.30. The molecule has 2 N–H and O–H groups in total. The Morgan fingerprint density at radius 2 is 1.45 bits per heavy atom. The van der Waals surface area contributed by atoms with Crippen LogP contribution in [0.15, 0.2) is 0 Å². The van der Waals surface area contributed by atoms with E-state index < -0.39 is 18.8 Å². The van der Waals surface area contributed by atoms with Crippen LogP contribution < -0.4 is 0 Å². The molecule has 8 heteroatoms. The molecule has 3 nitrogen and oxygen atoms in total. The molecule has 0 radical (unpaired) electrons. The molecule has 0 aliphatic carbocycles. The number of hydrogen-bond donors (Lipinski definition) is 0. The molecule has 0 spiro atoms. The number of carbonyl (C=O) groups excluding carboxylic acids is 1. The lowest BCUT2D eigenvalue weighted by atomic mass is 10.7. The van der Waals surface area contributed by atoms with E-state index in [2.05, 4.69) is 4.74 Å². The molecule has 0 aromatic heterocycles. The molecule has 0 saturated carbocycles. The van der Waals surface area contributed by atoms with E-state index in [1.807, 2.05) is 0 Å². The molecule has 0 aromatic carbocycles. The summed E-state index contributed by atoms with van der Waals surface area (Å²) in [5.41, 5.74) is 0. The number of hydrogen-bond acceptors (Lipinski definition) is 2. The topological polar surface area (TPSA) is 57.8 Å². The molecule has 0 aliphatic heterocycles. The van der Waals surface area contributed by atoms with Crippen LogP contribution in [-0.4, -0.2) is 24.2 Å². The largest absolute Gasteiger partial charge is 0.527 e. The summed E-state index contributed by atoms with van der Waals surface area (Å²) < 4.78 is 57.4. The second kappa shape index (κ2) is 3.58. The van der Waals surface area contributed by atoms with E-state index in [-0.39, 0.29) is 5.48 Å². The van der Waals surface area contributed by atoms with Gasteiger partial charge in [-0.05, 0) is 0 Å². The van der Waals surface area contributed by atoms with Crippen molar-refractivity contribution in [2.75, 3.05) is 0 Å². The van der Waals surface area contributed by atoms with Gasteiger partial charge < -0.3 is 5.48 Å². The van der Waals surface area contributed by atoms with Gasteiger partial charge in [-0.15, -0.1) is 13.2 Å². The Labute approximate surface area is 57.1 Å². The van der Waals surface area contributed by atoms with Crippen LogP contribution in [0, 0.1) is 0 Å². The van der Waals surface area contributed by atoms with Crippen molar-refractivity contribution in [3.05, 3.63) is 0 Å². The predicted molar refractivity (Wildman–Crippen MR) is 21.8 cm³/mol. The first-order chi connectivity index (χ1) is 4.27. The summed E-state index contributed by atoms with van der Waals surface area (Å²) in [5, 5.41) is 0. The van der Waals surface area contributed by atoms with E-state index in [0.717, 1.165) is 0 Å². The summed E-state index contributed by atoms with van der Waals surface area (Å²) in [6, 6.07) is 0. The molecule has 0 aliphatic rings. The number of rotatable bonds is 2. The third-order valence-corrected chi connectivity index (χ3v) is 0.389. The van der Waals surface area contributed by atoms with Crippen molar-refractivity contribution in [3.63, 3.8) is 0 Å². The standard InChI is InChI=1S/C3HF5O2.H2O/c4-2(5,1-9)10-3(6,7)8;/h1H;1H2. The summed E-state index contributed by atoms with van der Waals surface area (Å²) in [6.07, 6.45) is -11.5. The zero-order valence-corrected chi connectivity index (χ0v) is 4.78. The minimum absolute atomic E-state index is 0. The first-order valence-corrected chi connectivity index (χ1v) is 1.88. The van der Waals surface area contributed by atoms with E-state index >= 15 is 0 Å². The van der Waals surface area contributed by atoms with Crippen LogP contribution in [-0.2, 0) is 9.53 Å². The summed E-state index contributed by atoms with van der Waals surface area (Å²) in [7, 11) is 0. The van der Waals surface area contributed by atoms with Gasteiger partial charge in [0.25, 0.3) is 0 Å². The Kier molecular flexibility index (Phi) is 4.19. The van der Waals surface area contributed by atoms with Crippen LogP contribution in [0.1, 0.15) is 0 Å². The van der Waals surface area contributed by atoms with Gasteiger partial charge in [0.15, 0.2) is 0 Å². The molecule has 0 aromatic rings. The minimum Gasteiger partial charge on any atom is -0.412 e. The minimum atomic E-state index is -5.50. The molecule has 0 fully saturated rings. The zero-order chi connectivity index (χ0) is 8.41. The number of carbonyl (C=O) groups is 1. The highest BCUT2D eigenvalue weighted by Crippen LogP contribution is 2.25. The number of halogens is 5. The van der Waals surface area contributed by atoms with Gasteiger partial charge in [0.1, 0.15) is 0 Å². The second-order valence-electron chi connectivity index (χ2n) is 1.23. The highest BCUT2D eigenvalue weighted by molar-refractivity contribution is 5.57. The van der Waals surface area contributed by atoms with Crippen molar-refractivity contribution in [1.29, 1.82) is 0 Å². The molecule has 0 amide bonds. The maximum Gasteiger partial charge on any atom is 0.527 e. The molecule has 0 heterocycles. The molecule has 0 saturated heterocycles. The Hall–Kier alpha value is -0.760.